The molecule has 9 nitrogen and oxygen atoms in total. The van der Waals surface area contributed by atoms with Crippen LogP contribution in [0.5, 0.6) is 5.88 Å². The molecule has 3 aromatic rings. The van der Waals surface area contributed by atoms with Gasteiger partial charge in [-0.15, -0.1) is 15.3 Å². The number of anilines is 1. The molecule has 0 aliphatic carbocycles. The summed E-state index contributed by atoms with van der Waals surface area (Å²) in [7, 11) is 1.65. The number of aryl methyl sites for hydroxylation is 1. The van der Waals surface area contributed by atoms with Crippen LogP contribution in [0.1, 0.15) is 30.2 Å². The summed E-state index contributed by atoms with van der Waals surface area (Å²) in [5.74, 6) is -0.283. The quantitative estimate of drug-likeness (QED) is 0.672. The topological polar surface area (TPSA) is 99.8 Å². The summed E-state index contributed by atoms with van der Waals surface area (Å²) in [5, 5.41) is 14.0. The molecule has 0 unspecified atom stereocenters. The molecule has 0 fully saturated rings. The number of nitrogens with zero attached hydrogens (tertiary/aromatic N) is 6. The zero-order chi connectivity index (χ0) is 21.2. The summed E-state index contributed by atoms with van der Waals surface area (Å²) in [5.41, 5.74) is 0.336. The van der Waals surface area contributed by atoms with Crippen LogP contribution in [-0.4, -0.2) is 48.2 Å². The fraction of sp³-hybridized carbons (Fsp3) is 0.353. The van der Waals surface area contributed by atoms with Crippen molar-refractivity contribution in [3.8, 4) is 17.4 Å². The van der Waals surface area contributed by atoms with Crippen molar-refractivity contribution >= 4 is 11.7 Å². The van der Waals surface area contributed by atoms with Crippen LogP contribution in [0.3, 0.4) is 0 Å². The first-order valence-corrected chi connectivity index (χ1v) is 8.62. The minimum atomic E-state index is -4.47. The van der Waals surface area contributed by atoms with Crippen LogP contribution in [0.4, 0.5) is 19.0 Å². The second-order valence-electron chi connectivity index (χ2n) is 6.10. The van der Waals surface area contributed by atoms with Gasteiger partial charge in [0.2, 0.25) is 5.88 Å². The molecule has 1 N–H and O–H groups in total. The SMILES string of the molecule is CCOc1nn(C)cc1C(=O)Nc1cccc(-c2nncn2[C@H](C)C(F)(F)F)n1. The van der Waals surface area contributed by atoms with Crippen molar-refractivity contribution < 1.29 is 22.7 Å². The van der Waals surface area contributed by atoms with Crippen molar-refractivity contribution in [1.29, 1.82) is 0 Å². The number of hydrogen-bond acceptors (Lipinski definition) is 6. The van der Waals surface area contributed by atoms with Crippen LogP contribution >= 0.6 is 0 Å². The Morgan fingerprint density at radius 3 is 2.79 bits per heavy atom. The predicted octanol–water partition coefficient (Wildman–Crippen LogP) is 2.85. The number of amides is 1. The Labute approximate surface area is 163 Å². The molecule has 0 aromatic carbocycles. The van der Waals surface area contributed by atoms with Crippen LogP contribution in [0, 0.1) is 0 Å². The van der Waals surface area contributed by atoms with E-state index in [1.165, 1.54) is 23.0 Å². The maximum Gasteiger partial charge on any atom is 0.408 e. The third kappa shape index (κ3) is 4.36. The van der Waals surface area contributed by atoms with Gasteiger partial charge in [-0.2, -0.15) is 13.2 Å². The Kier molecular flexibility index (Phi) is 5.52. The molecular weight excluding hydrogens is 391 g/mol. The molecule has 1 atom stereocenters. The van der Waals surface area contributed by atoms with Crippen LogP contribution in [0.15, 0.2) is 30.7 Å². The van der Waals surface area contributed by atoms with E-state index in [-0.39, 0.29) is 28.8 Å². The number of hydrogen-bond donors (Lipinski definition) is 1. The van der Waals surface area contributed by atoms with Crippen molar-refractivity contribution in [3.05, 3.63) is 36.3 Å². The van der Waals surface area contributed by atoms with E-state index in [1.54, 1.807) is 20.0 Å². The van der Waals surface area contributed by atoms with Gasteiger partial charge < -0.3 is 14.6 Å². The Bertz CT molecular complexity index is 1010. The predicted molar refractivity (Wildman–Crippen MR) is 96.3 cm³/mol. The number of aromatic nitrogens is 6. The molecule has 12 heteroatoms. The Hall–Kier alpha value is -3.44. The van der Waals surface area contributed by atoms with E-state index in [0.29, 0.717) is 6.61 Å². The zero-order valence-electron chi connectivity index (χ0n) is 15.8. The number of nitrogens with one attached hydrogen (secondary N) is 1. The van der Waals surface area contributed by atoms with E-state index in [2.05, 4.69) is 25.6 Å². The molecule has 154 valence electrons. The molecule has 0 aliphatic rings. The van der Waals surface area contributed by atoms with Gasteiger partial charge >= 0.3 is 6.18 Å². The molecule has 3 aromatic heterocycles. The van der Waals surface area contributed by atoms with Crippen LogP contribution in [-0.2, 0) is 7.05 Å². The molecule has 0 radical (unpaired) electrons. The lowest BCUT2D eigenvalue weighted by molar-refractivity contribution is -0.162. The molecule has 0 saturated carbocycles. The number of carbonyl (C=O) groups excluding carboxylic acids is 1. The lowest BCUT2D eigenvalue weighted by atomic mass is 10.2. The number of carbonyl (C=O) groups is 1. The van der Waals surface area contributed by atoms with Gasteiger partial charge in [0.1, 0.15) is 29.4 Å². The summed E-state index contributed by atoms with van der Waals surface area (Å²) in [6, 6.07) is 2.69. The van der Waals surface area contributed by atoms with E-state index in [1.807, 2.05) is 0 Å². The number of pyridine rings is 1. The monoisotopic (exact) mass is 409 g/mol. The summed E-state index contributed by atoms with van der Waals surface area (Å²) < 4.78 is 46.9. The first kappa shape index (κ1) is 20.3. The minimum absolute atomic E-state index is 0.0673. The second kappa shape index (κ2) is 7.89. The van der Waals surface area contributed by atoms with Crippen LogP contribution < -0.4 is 10.1 Å². The van der Waals surface area contributed by atoms with Gasteiger partial charge in [0.05, 0.1) is 6.61 Å². The van der Waals surface area contributed by atoms with E-state index in [0.717, 1.165) is 17.8 Å². The standard InChI is InChI=1S/C17H18F3N7O2/c1-4-29-16-11(8-26(3)25-16)15(28)23-13-7-5-6-12(22-13)14-24-21-9-27(14)10(2)17(18,19)20/h5-10H,4H2,1-3H3,(H,22,23,28)/t10-/m1/s1. The van der Waals surface area contributed by atoms with Crippen LogP contribution in [0.2, 0.25) is 0 Å². The van der Waals surface area contributed by atoms with Crippen molar-refractivity contribution in [2.24, 2.45) is 7.05 Å². The third-order valence-electron chi connectivity index (χ3n) is 4.00. The third-order valence-corrected chi connectivity index (χ3v) is 4.00. The highest BCUT2D eigenvalue weighted by molar-refractivity contribution is 6.05. The van der Waals surface area contributed by atoms with Gasteiger partial charge in [-0.05, 0) is 26.0 Å². The lowest BCUT2D eigenvalue weighted by Crippen LogP contribution is -2.24. The highest BCUT2D eigenvalue weighted by Crippen LogP contribution is 2.32. The van der Waals surface area contributed by atoms with Gasteiger partial charge in [0.15, 0.2) is 5.82 Å². The Morgan fingerprint density at radius 2 is 2.10 bits per heavy atom. The largest absolute Gasteiger partial charge is 0.476 e. The van der Waals surface area contributed by atoms with Gasteiger partial charge in [-0.1, -0.05) is 6.07 Å². The van der Waals surface area contributed by atoms with Crippen LogP contribution in [0.25, 0.3) is 11.5 Å². The molecule has 29 heavy (non-hydrogen) atoms. The number of halogens is 3. The maximum absolute atomic E-state index is 13.1. The molecule has 0 saturated heterocycles. The molecule has 3 heterocycles. The fourth-order valence-corrected chi connectivity index (χ4v) is 2.55. The van der Waals surface area contributed by atoms with Crippen molar-refractivity contribution in [2.75, 3.05) is 11.9 Å². The van der Waals surface area contributed by atoms with Gasteiger partial charge in [0.25, 0.3) is 5.91 Å². The smallest absolute Gasteiger partial charge is 0.408 e. The van der Waals surface area contributed by atoms with Gasteiger partial charge in [-0.25, -0.2) is 4.98 Å². The summed E-state index contributed by atoms with van der Waals surface area (Å²) in [4.78, 5) is 16.8. The lowest BCUT2D eigenvalue weighted by Gasteiger charge is -2.18. The average molecular weight is 409 g/mol. The summed E-state index contributed by atoms with van der Waals surface area (Å²) in [6.45, 7) is 3.09. The second-order valence-corrected chi connectivity index (χ2v) is 6.10. The average Bonchev–Trinajstić information content (AvgIpc) is 3.27. The van der Waals surface area contributed by atoms with E-state index in [4.69, 9.17) is 4.74 Å². The number of ether oxygens (including phenoxy) is 1. The minimum Gasteiger partial charge on any atom is -0.476 e. The molecule has 1 amide bonds. The fourth-order valence-electron chi connectivity index (χ4n) is 2.55. The number of rotatable bonds is 6. The summed E-state index contributed by atoms with van der Waals surface area (Å²) >= 11 is 0. The van der Waals surface area contributed by atoms with Crippen molar-refractivity contribution in [3.63, 3.8) is 0 Å². The van der Waals surface area contributed by atoms with Gasteiger partial charge in [0, 0.05) is 13.2 Å². The van der Waals surface area contributed by atoms with Gasteiger partial charge in [-0.3, -0.25) is 9.48 Å². The Balaban J connectivity index is 1.87. The van der Waals surface area contributed by atoms with E-state index < -0.39 is 18.1 Å². The molecule has 3 rings (SSSR count). The zero-order valence-corrected chi connectivity index (χ0v) is 15.8. The molecule has 0 spiro atoms. The number of alkyl halides is 3. The van der Waals surface area contributed by atoms with E-state index in [9.17, 15) is 18.0 Å². The first-order chi connectivity index (χ1) is 13.7. The Morgan fingerprint density at radius 1 is 1.34 bits per heavy atom. The highest BCUT2D eigenvalue weighted by Gasteiger charge is 2.38. The molecule has 0 aliphatic heterocycles. The maximum atomic E-state index is 13.1. The van der Waals surface area contributed by atoms with E-state index >= 15 is 0 Å². The highest BCUT2D eigenvalue weighted by atomic mass is 19.4. The summed E-state index contributed by atoms with van der Waals surface area (Å²) in [6.07, 6.45) is -1.99. The van der Waals surface area contributed by atoms with Crippen molar-refractivity contribution in [2.45, 2.75) is 26.1 Å². The van der Waals surface area contributed by atoms with Crippen molar-refractivity contribution in [1.82, 2.24) is 29.5 Å². The first-order valence-electron chi connectivity index (χ1n) is 8.62. The normalized spacial score (nSPS) is 12.6. The molecule has 0 bridgehead atoms. The molecular formula is C17H18F3N7O2.